The number of phenolic OH excluding ortho intramolecular Hbond substituents is 1. The van der Waals surface area contributed by atoms with Crippen LogP contribution in [0.2, 0.25) is 0 Å². The van der Waals surface area contributed by atoms with Crippen LogP contribution in [0.3, 0.4) is 0 Å². The van der Waals surface area contributed by atoms with E-state index < -0.39 is 0 Å². The number of H-pyrrole nitrogens is 2. The monoisotopic (exact) mass is 783 g/mol. The number of fused-ring (bicyclic) bond motifs is 8. The van der Waals surface area contributed by atoms with Gasteiger partial charge in [0.1, 0.15) is 26.9 Å². The SMILES string of the molecule is C[n+]1ccc(-c2c3nc(c(-c4cc[n+](C)cc4)c4ccc([nH]4)c(-c4cccc(O)c4)c4ccc([nH]4)c(-c4cc[n+](C)cc4)c4nc2C=C4)C=C3)cc1.[Cl-].[Cl-].[Cl-]. The molecule has 2 aliphatic heterocycles. The lowest BCUT2D eigenvalue weighted by molar-refractivity contribution is -0.671. The van der Waals surface area contributed by atoms with Crippen LogP contribution in [0.15, 0.2) is 122 Å². The van der Waals surface area contributed by atoms with Gasteiger partial charge in [-0.1, -0.05) is 12.1 Å². The van der Waals surface area contributed by atoms with Crippen LogP contribution in [0.5, 0.6) is 5.75 Å². The number of rotatable bonds is 4. The molecule has 0 aliphatic carbocycles. The standard InChI is InChI=1S/C44H34N7O.3ClH/c1-49-21-15-28(16-22-49)41-33-7-9-35(45-33)42(29-17-23-50(2)24-18-29)37-11-13-39(47-37)44(31-5-4-6-32(52)27-31)40-14-12-38(48-40)43(36-10-8-34(41)46-36)30-19-25-51(3)26-20-30;;;/h4-27H,1-3H3,(H-,45,46,47,48,52);3*1H/q+1;;;/p-1. The number of nitrogens with one attached hydrogen (secondary N) is 2. The number of aromatic nitrogens is 7. The molecule has 0 atom stereocenters. The second-order valence-corrected chi connectivity index (χ2v) is 13.3. The van der Waals surface area contributed by atoms with Crippen LogP contribution in [0.25, 0.3) is 90.9 Å². The summed E-state index contributed by atoms with van der Waals surface area (Å²) in [4.78, 5) is 18.2. The van der Waals surface area contributed by atoms with E-state index in [1.807, 2.05) is 47.0 Å². The van der Waals surface area contributed by atoms with Crippen molar-refractivity contribution in [2.75, 3.05) is 0 Å². The van der Waals surface area contributed by atoms with Crippen LogP contribution in [0.1, 0.15) is 22.8 Å². The van der Waals surface area contributed by atoms with E-state index in [-0.39, 0.29) is 43.0 Å². The van der Waals surface area contributed by atoms with Gasteiger partial charge < -0.3 is 52.3 Å². The fourth-order valence-electron chi connectivity index (χ4n) is 7.08. The highest BCUT2D eigenvalue weighted by Gasteiger charge is 2.20. The first-order valence-electron chi connectivity index (χ1n) is 17.2. The van der Waals surface area contributed by atoms with Gasteiger partial charge in [0.05, 0.1) is 22.8 Å². The van der Waals surface area contributed by atoms with E-state index in [2.05, 4.69) is 132 Å². The Morgan fingerprint density at radius 2 is 0.764 bits per heavy atom. The number of halogens is 3. The first-order chi connectivity index (χ1) is 25.4. The Kier molecular flexibility index (Phi) is 11.1. The summed E-state index contributed by atoms with van der Waals surface area (Å²) in [5.74, 6) is 0.200. The first-order valence-corrected chi connectivity index (χ1v) is 17.2. The summed E-state index contributed by atoms with van der Waals surface area (Å²) >= 11 is 0. The molecule has 0 fully saturated rings. The number of hydrogen-bond acceptors (Lipinski definition) is 3. The summed E-state index contributed by atoms with van der Waals surface area (Å²) in [6.45, 7) is 0. The molecule has 1 aromatic carbocycles. The molecule has 0 saturated heterocycles. The van der Waals surface area contributed by atoms with Gasteiger partial charge in [0.2, 0.25) is 0 Å². The van der Waals surface area contributed by atoms with Crippen molar-refractivity contribution in [1.29, 1.82) is 0 Å². The molecular weight excluding hydrogens is 749 g/mol. The van der Waals surface area contributed by atoms with Crippen LogP contribution in [-0.2, 0) is 21.1 Å². The molecule has 0 amide bonds. The normalized spacial score (nSPS) is 11.4. The minimum Gasteiger partial charge on any atom is -1.00 e. The van der Waals surface area contributed by atoms with Crippen molar-refractivity contribution in [3.05, 3.63) is 145 Å². The number of aryl methyl sites for hydroxylation is 3. The fraction of sp³-hybridized carbons (Fsp3) is 0.0682. The Bertz CT molecular complexity index is 2630. The first kappa shape index (κ1) is 38.7. The summed E-state index contributed by atoms with van der Waals surface area (Å²) in [6.07, 6.45) is 20.7. The third-order valence-electron chi connectivity index (χ3n) is 9.69. The average Bonchev–Trinajstić information content (AvgIpc) is 3.98. The average molecular weight is 785 g/mol. The maximum atomic E-state index is 10.6. The van der Waals surface area contributed by atoms with E-state index in [1.54, 1.807) is 12.1 Å². The number of hydrogen-bond donors (Lipinski definition) is 3. The van der Waals surface area contributed by atoms with Crippen LogP contribution in [-0.4, -0.2) is 25.0 Å². The molecule has 55 heavy (non-hydrogen) atoms. The minimum absolute atomic E-state index is 0. The Balaban J connectivity index is 0.00000171. The molecule has 9 rings (SSSR count). The number of nitrogens with zero attached hydrogens (tertiary/aromatic N) is 5. The van der Waals surface area contributed by atoms with Gasteiger partial charge in [-0.2, -0.15) is 0 Å². The van der Waals surface area contributed by atoms with Gasteiger partial charge in [-0.25, -0.2) is 23.7 Å². The Morgan fingerprint density at radius 3 is 1.15 bits per heavy atom. The van der Waals surface area contributed by atoms with E-state index >= 15 is 0 Å². The molecule has 8 bridgehead atoms. The number of benzene rings is 1. The number of aromatic amines is 2. The molecule has 8 nitrogen and oxygen atoms in total. The van der Waals surface area contributed by atoms with Crippen LogP contribution in [0.4, 0.5) is 0 Å². The Hall–Kier alpha value is -6.06. The summed E-state index contributed by atoms with van der Waals surface area (Å²) in [6, 6.07) is 28.5. The number of aromatic hydroxyl groups is 1. The van der Waals surface area contributed by atoms with Crippen molar-refractivity contribution in [3.63, 3.8) is 0 Å². The third kappa shape index (κ3) is 7.27. The maximum absolute atomic E-state index is 10.6. The zero-order chi connectivity index (χ0) is 35.3. The van der Waals surface area contributed by atoms with E-state index in [4.69, 9.17) is 9.97 Å². The summed E-state index contributed by atoms with van der Waals surface area (Å²) in [7, 11) is 6.05. The Morgan fingerprint density at radius 1 is 0.418 bits per heavy atom. The molecule has 274 valence electrons. The quantitative estimate of drug-likeness (QED) is 0.191. The summed E-state index contributed by atoms with van der Waals surface area (Å²) in [5, 5.41) is 10.6. The fourth-order valence-corrected chi connectivity index (χ4v) is 7.08. The molecule has 2 aliphatic rings. The predicted octanol–water partition coefficient (Wildman–Crippen LogP) is -1.49. The van der Waals surface area contributed by atoms with Crippen molar-refractivity contribution in [3.8, 4) is 50.3 Å². The highest BCUT2D eigenvalue weighted by Crippen LogP contribution is 2.38. The van der Waals surface area contributed by atoms with Crippen molar-refractivity contribution < 1.29 is 56.0 Å². The number of phenols is 1. The predicted molar refractivity (Wildman–Crippen MR) is 206 cm³/mol. The van der Waals surface area contributed by atoms with Crippen LogP contribution >= 0.6 is 0 Å². The Labute approximate surface area is 337 Å². The second-order valence-electron chi connectivity index (χ2n) is 13.3. The summed E-state index contributed by atoms with van der Waals surface area (Å²) < 4.78 is 6.09. The minimum atomic E-state index is 0. The second kappa shape index (κ2) is 15.7. The molecule has 11 heteroatoms. The van der Waals surface area contributed by atoms with Crippen molar-refractivity contribution in [1.82, 2.24) is 19.9 Å². The highest BCUT2D eigenvalue weighted by atomic mass is 35.5. The van der Waals surface area contributed by atoms with Gasteiger partial charge in [0.25, 0.3) is 0 Å². The third-order valence-corrected chi connectivity index (χ3v) is 9.69. The van der Waals surface area contributed by atoms with Crippen molar-refractivity contribution >= 4 is 46.4 Å². The number of pyridine rings is 3. The molecule has 6 aromatic heterocycles. The zero-order valence-corrected chi connectivity index (χ0v) is 32.4. The molecule has 3 N–H and O–H groups in total. The molecule has 7 aromatic rings. The van der Waals surface area contributed by atoms with Gasteiger partial charge in [0, 0.05) is 80.7 Å². The smallest absolute Gasteiger partial charge is 0.169 e. The molecule has 0 unspecified atom stereocenters. The lowest BCUT2D eigenvalue weighted by atomic mass is 10.0. The van der Waals surface area contributed by atoms with Gasteiger partial charge >= 0.3 is 0 Å². The lowest BCUT2D eigenvalue weighted by Gasteiger charge is -2.06. The molecular formula is C44H36Cl3N7O. The van der Waals surface area contributed by atoms with Crippen molar-refractivity contribution in [2.45, 2.75) is 0 Å². The molecule has 0 radical (unpaired) electrons. The van der Waals surface area contributed by atoms with Crippen molar-refractivity contribution in [2.24, 2.45) is 21.1 Å². The molecule has 0 spiro atoms. The van der Waals surface area contributed by atoms with Gasteiger partial charge in [-0.3, -0.25) is 0 Å². The van der Waals surface area contributed by atoms with E-state index in [9.17, 15) is 5.11 Å². The lowest BCUT2D eigenvalue weighted by Crippen LogP contribution is -3.00. The maximum Gasteiger partial charge on any atom is 0.169 e. The van der Waals surface area contributed by atoms with E-state index in [0.717, 1.165) is 89.4 Å². The molecule has 0 saturated carbocycles. The topological polar surface area (TPSA) is 89.2 Å². The van der Waals surface area contributed by atoms with Gasteiger partial charge in [-0.05, 0) is 83.0 Å². The zero-order valence-electron chi connectivity index (χ0n) is 30.2. The van der Waals surface area contributed by atoms with Crippen LogP contribution in [0, 0.1) is 0 Å². The highest BCUT2D eigenvalue weighted by molar-refractivity contribution is 6.00. The summed E-state index contributed by atoms with van der Waals surface area (Å²) in [5.41, 5.74) is 14.9. The van der Waals surface area contributed by atoms with Gasteiger partial charge in [0.15, 0.2) is 37.2 Å². The largest absolute Gasteiger partial charge is 1.00 e. The van der Waals surface area contributed by atoms with Gasteiger partial charge in [-0.15, -0.1) is 0 Å². The van der Waals surface area contributed by atoms with Crippen LogP contribution < -0.4 is 50.9 Å². The van der Waals surface area contributed by atoms with E-state index in [1.165, 1.54) is 0 Å². The molecule has 8 heterocycles. The van der Waals surface area contributed by atoms with E-state index in [0.29, 0.717) is 0 Å².